The molecule has 0 saturated heterocycles. The first-order valence-electron chi connectivity index (χ1n) is 21.3. The van der Waals surface area contributed by atoms with E-state index in [2.05, 4.69) is 223 Å². The number of hydrogen-bond acceptors (Lipinski definition) is 2. The first kappa shape index (κ1) is 36.8. The molecule has 0 aliphatic heterocycles. The van der Waals surface area contributed by atoms with Crippen LogP contribution in [0.1, 0.15) is 76.3 Å². The second kappa shape index (κ2) is 13.1. The maximum Gasteiger partial charge on any atom is 0.0543 e. The number of hydrogen-bond donors (Lipinski definition) is 0. The van der Waals surface area contributed by atoms with Crippen LogP contribution >= 0.6 is 11.3 Å². The zero-order chi connectivity index (χ0) is 41.1. The van der Waals surface area contributed by atoms with Crippen LogP contribution in [-0.2, 0) is 16.2 Å². The molecule has 0 N–H and O–H groups in total. The third-order valence-corrected chi connectivity index (χ3v) is 14.8. The summed E-state index contributed by atoms with van der Waals surface area (Å²) in [6.07, 6.45) is 0. The average Bonchev–Trinajstić information content (AvgIpc) is 3.83. The number of thiophene rings is 1. The van der Waals surface area contributed by atoms with Gasteiger partial charge in [0.15, 0.2) is 0 Å². The van der Waals surface area contributed by atoms with Gasteiger partial charge in [-0.3, -0.25) is 0 Å². The molecule has 292 valence electrons. The van der Waals surface area contributed by atoms with Gasteiger partial charge < -0.3 is 4.90 Å². The van der Waals surface area contributed by atoms with Gasteiger partial charge in [0, 0.05) is 47.9 Å². The standard InChI is InChI=1S/C58H49NS/c1-56(2,3)40-25-31-43-47-33-38(24-32-49(47)58(6,7)51(43)35-40)36-19-26-41(27-20-36)59(52-17-12-16-50-55(52)46-14-8-10-15-48(46)57(50,4)5)42-28-21-37(22-29-42)39-23-30-45-44-13-9-11-18-53(44)60-54(45)34-39/h8-35H,1-7H3. The summed E-state index contributed by atoms with van der Waals surface area (Å²) in [5.74, 6) is 0. The normalized spacial score (nSPS) is 14.5. The number of nitrogens with zero attached hydrogens (tertiary/aromatic N) is 1. The van der Waals surface area contributed by atoms with Crippen LogP contribution in [0.4, 0.5) is 17.1 Å². The lowest BCUT2D eigenvalue weighted by molar-refractivity contribution is 0.584. The van der Waals surface area contributed by atoms with Gasteiger partial charge in [-0.15, -0.1) is 11.3 Å². The molecule has 1 nitrogen and oxygen atoms in total. The number of rotatable bonds is 5. The fraction of sp³-hybridized carbons (Fsp3) is 0.172. The lowest BCUT2D eigenvalue weighted by Crippen LogP contribution is -2.17. The van der Waals surface area contributed by atoms with Crippen molar-refractivity contribution in [3.05, 3.63) is 198 Å². The summed E-state index contributed by atoms with van der Waals surface area (Å²) < 4.78 is 2.66. The van der Waals surface area contributed by atoms with Gasteiger partial charge >= 0.3 is 0 Å². The van der Waals surface area contributed by atoms with E-state index in [0.29, 0.717) is 0 Å². The summed E-state index contributed by atoms with van der Waals surface area (Å²) in [4.78, 5) is 2.47. The third kappa shape index (κ3) is 5.57. The predicted molar refractivity (Wildman–Crippen MR) is 259 cm³/mol. The lowest BCUT2D eigenvalue weighted by atomic mass is 9.79. The van der Waals surface area contributed by atoms with Crippen LogP contribution in [0.25, 0.3) is 64.7 Å². The van der Waals surface area contributed by atoms with E-state index in [1.165, 1.54) is 98.2 Å². The van der Waals surface area contributed by atoms with Crippen LogP contribution in [0.15, 0.2) is 170 Å². The molecule has 0 fully saturated rings. The largest absolute Gasteiger partial charge is 0.310 e. The first-order valence-corrected chi connectivity index (χ1v) is 22.2. The Hall–Kier alpha value is -6.22. The second-order valence-electron chi connectivity index (χ2n) is 19.0. The van der Waals surface area contributed by atoms with Gasteiger partial charge in [0.25, 0.3) is 0 Å². The summed E-state index contributed by atoms with van der Waals surface area (Å²) in [5.41, 5.74) is 20.7. The Morgan fingerprint density at radius 2 is 1.00 bits per heavy atom. The maximum absolute atomic E-state index is 2.47. The van der Waals surface area contributed by atoms with Crippen LogP contribution in [0.2, 0.25) is 0 Å². The van der Waals surface area contributed by atoms with Crippen LogP contribution in [0.5, 0.6) is 0 Å². The Bertz CT molecular complexity index is 3170. The van der Waals surface area contributed by atoms with Crippen LogP contribution in [-0.4, -0.2) is 0 Å². The monoisotopic (exact) mass is 791 g/mol. The van der Waals surface area contributed by atoms with Crippen molar-refractivity contribution in [2.75, 3.05) is 4.90 Å². The van der Waals surface area contributed by atoms with Crippen molar-refractivity contribution in [1.82, 2.24) is 0 Å². The minimum atomic E-state index is -0.0956. The van der Waals surface area contributed by atoms with E-state index in [9.17, 15) is 0 Å². The van der Waals surface area contributed by atoms with Crippen molar-refractivity contribution < 1.29 is 0 Å². The van der Waals surface area contributed by atoms with Crippen LogP contribution in [0.3, 0.4) is 0 Å². The summed E-state index contributed by atoms with van der Waals surface area (Å²) >= 11 is 1.87. The topological polar surface area (TPSA) is 3.24 Å². The van der Waals surface area contributed by atoms with E-state index >= 15 is 0 Å². The molecule has 2 heteroatoms. The lowest BCUT2D eigenvalue weighted by Gasteiger charge is -2.29. The molecule has 1 aromatic heterocycles. The quantitative estimate of drug-likeness (QED) is 0.168. The fourth-order valence-corrected chi connectivity index (χ4v) is 11.4. The van der Waals surface area contributed by atoms with Gasteiger partial charge in [-0.25, -0.2) is 0 Å². The molecule has 0 amide bonds. The highest BCUT2D eigenvalue weighted by molar-refractivity contribution is 7.25. The summed E-state index contributed by atoms with van der Waals surface area (Å²) in [6.45, 7) is 16.4. The summed E-state index contributed by atoms with van der Waals surface area (Å²) in [6, 6.07) is 64.2. The highest BCUT2D eigenvalue weighted by Gasteiger charge is 2.38. The van der Waals surface area contributed by atoms with E-state index in [1.807, 2.05) is 11.3 Å². The van der Waals surface area contributed by atoms with Gasteiger partial charge in [-0.2, -0.15) is 0 Å². The molecule has 2 aliphatic rings. The maximum atomic E-state index is 2.47. The Balaban J connectivity index is 1.01. The van der Waals surface area contributed by atoms with Crippen LogP contribution in [0, 0.1) is 0 Å². The molecular weight excluding hydrogens is 743 g/mol. The van der Waals surface area contributed by atoms with Crippen molar-refractivity contribution in [2.24, 2.45) is 0 Å². The zero-order valence-corrected chi connectivity index (χ0v) is 36.3. The van der Waals surface area contributed by atoms with Crippen molar-refractivity contribution in [2.45, 2.75) is 64.7 Å². The molecule has 0 spiro atoms. The van der Waals surface area contributed by atoms with E-state index < -0.39 is 0 Å². The van der Waals surface area contributed by atoms with Gasteiger partial charge in [-0.05, 0) is 121 Å². The predicted octanol–water partition coefficient (Wildman–Crippen LogP) is 16.8. The summed E-state index contributed by atoms with van der Waals surface area (Å²) in [7, 11) is 0. The van der Waals surface area contributed by atoms with E-state index in [1.54, 1.807) is 0 Å². The average molecular weight is 792 g/mol. The van der Waals surface area contributed by atoms with Crippen LogP contribution < -0.4 is 4.90 Å². The Morgan fingerprint density at radius 3 is 1.73 bits per heavy atom. The fourth-order valence-electron chi connectivity index (χ4n) is 10.3. The molecule has 0 bridgehead atoms. The highest BCUT2D eigenvalue weighted by atomic mass is 32.1. The SMILES string of the molecule is CC(C)(C)c1ccc2c(c1)C(C)(C)c1ccc(-c3ccc(N(c4ccc(-c5ccc6c(c5)sc5ccccc56)cc4)c4cccc5c4-c4ccccc4C5(C)C)cc3)cc1-2. The molecule has 0 atom stereocenters. The Labute approximate surface area is 358 Å². The molecule has 8 aromatic carbocycles. The molecule has 0 saturated carbocycles. The molecule has 0 radical (unpaired) electrons. The van der Waals surface area contributed by atoms with E-state index in [0.717, 1.165) is 11.4 Å². The van der Waals surface area contributed by atoms with E-state index in [-0.39, 0.29) is 16.2 Å². The minimum absolute atomic E-state index is 0.0428. The molecule has 11 rings (SSSR count). The van der Waals surface area contributed by atoms with E-state index in [4.69, 9.17) is 0 Å². The van der Waals surface area contributed by atoms with Gasteiger partial charge in [0.2, 0.25) is 0 Å². The smallest absolute Gasteiger partial charge is 0.0543 e. The molecule has 9 aromatic rings. The number of fused-ring (bicyclic) bond motifs is 9. The molecule has 2 aliphatic carbocycles. The van der Waals surface area contributed by atoms with Crippen molar-refractivity contribution in [1.29, 1.82) is 0 Å². The third-order valence-electron chi connectivity index (χ3n) is 13.7. The first-order chi connectivity index (χ1) is 28.9. The summed E-state index contributed by atoms with van der Waals surface area (Å²) in [5, 5.41) is 2.66. The molecule has 1 heterocycles. The Kier molecular flexibility index (Phi) is 8.07. The molecular formula is C58H49NS. The van der Waals surface area contributed by atoms with Gasteiger partial charge in [0.1, 0.15) is 0 Å². The number of anilines is 3. The van der Waals surface area contributed by atoms with Crippen molar-refractivity contribution in [3.8, 4) is 44.5 Å². The zero-order valence-electron chi connectivity index (χ0n) is 35.5. The molecule has 60 heavy (non-hydrogen) atoms. The van der Waals surface area contributed by atoms with Crippen molar-refractivity contribution in [3.63, 3.8) is 0 Å². The number of benzene rings is 8. The minimum Gasteiger partial charge on any atom is -0.310 e. The Morgan fingerprint density at radius 1 is 0.417 bits per heavy atom. The van der Waals surface area contributed by atoms with Gasteiger partial charge in [-0.1, -0.05) is 170 Å². The second-order valence-corrected chi connectivity index (χ2v) is 20.1. The highest BCUT2D eigenvalue weighted by Crippen LogP contribution is 2.55. The molecule has 0 unspecified atom stereocenters. The van der Waals surface area contributed by atoms with Crippen molar-refractivity contribution >= 4 is 48.6 Å². The van der Waals surface area contributed by atoms with Gasteiger partial charge in [0.05, 0.1) is 5.69 Å².